The number of benzene rings is 1. The molecule has 0 aliphatic heterocycles. The molecule has 0 unspecified atom stereocenters. The highest BCUT2D eigenvalue weighted by Gasteiger charge is 2.27. The molecule has 17 heavy (non-hydrogen) atoms. The van der Waals surface area contributed by atoms with Crippen molar-refractivity contribution in [2.45, 2.75) is 18.8 Å². The number of nitro groups is 1. The molecule has 0 amide bonds. The quantitative estimate of drug-likeness (QED) is 0.600. The second-order valence-electron chi connectivity index (χ2n) is 4.20. The van der Waals surface area contributed by atoms with Gasteiger partial charge in [-0.1, -0.05) is 17.3 Å². The molecule has 0 radical (unpaired) electrons. The zero-order valence-electron chi connectivity index (χ0n) is 9.00. The fourth-order valence-corrected chi connectivity index (χ4v) is 1.77. The van der Waals surface area contributed by atoms with E-state index in [1.165, 1.54) is 12.1 Å². The van der Waals surface area contributed by atoms with Crippen LogP contribution in [0.15, 0.2) is 34.9 Å². The van der Waals surface area contributed by atoms with Crippen LogP contribution in [0.25, 0.3) is 11.3 Å². The number of non-ortho nitro benzene ring substituents is 1. The molecule has 0 atom stereocenters. The molecule has 0 saturated heterocycles. The van der Waals surface area contributed by atoms with E-state index in [1.807, 2.05) is 6.07 Å². The van der Waals surface area contributed by atoms with Crippen molar-refractivity contribution in [1.29, 1.82) is 0 Å². The molecule has 1 aromatic heterocycles. The Labute approximate surface area is 97.2 Å². The molecular weight excluding hydrogens is 220 g/mol. The summed E-state index contributed by atoms with van der Waals surface area (Å²) in [5, 5.41) is 14.7. The van der Waals surface area contributed by atoms with Gasteiger partial charge in [0, 0.05) is 29.7 Å². The smallest absolute Gasteiger partial charge is 0.270 e. The SMILES string of the molecule is O=[N+]([O-])c1cccc(-c2cc(C3CC3)no2)c1. The van der Waals surface area contributed by atoms with E-state index >= 15 is 0 Å². The molecule has 1 aromatic carbocycles. The normalized spacial score (nSPS) is 14.8. The summed E-state index contributed by atoms with van der Waals surface area (Å²) in [6, 6.07) is 8.26. The van der Waals surface area contributed by atoms with Crippen LogP contribution < -0.4 is 0 Å². The third kappa shape index (κ3) is 1.91. The van der Waals surface area contributed by atoms with Crippen LogP contribution in [0.4, 0.5) is 5.69 Å². The Morgan fingerprint density at radius 3 is 2.88 bits per heavy atom. The summed E-state index contributed by atoms with van der Waals surface area (Å²) in [7, 11) is 0. The number of hydrogen-bond acceptors (Lipinski definition) is 4. The lowest BCUT2D eigenvalue weighted by Crippen LogP contribution is -1.87. The van der Waals surface area contributed by atoms with Crippen LogP contribution in [0, 0.1) is 10.1 Å². The van der Waals surface area contributed by atoms with Gasteiger partial charge in [0.1, 0.15) is 0 Å². The number of hydrogen-bond donors (Lipinski definition) is 0. The first-order chi connectivity index (χ1) is 8.24. The molecule has 1 saturated carbocycles. The number of nitro benzene ring substituents is 1. The van der Waals surface area contributed by atoms with Gasteiger partial charge in [-0.25, -0.2) is 0 Å². The summed E-state index contributed by atoms with van der Waals surface area (Å²) in [4.78, 5) is 10.3. The van der Waals surface area contributed by atoms with E-state index in [0.717, 1.165) is 18.5 Å². The molecule has 86 valence electrons. The average Bonchev–Trinajstić information content (AvgIpc) is 3.07. The molecular formula is C12H10N2O3. The summed E-state index contributed by atoms with van der Waals surface area (Å²) >= 11 is 0. The van der Waals surface area contributed by atoms with Gasteiger partial charge in [-0.2, -0.15) is 0 Å². The maximum absolute atomic E-state index is 10.7. The molecule has 1 fully saturated rings. The summed E-state index contributed by atoms with van der Waals surface area (Å²) in [5.41, 5.74) is 1.71. The maximum Gasteiger partial charge on any atom is 0.270 e. The highest BCUT2D eigenvalue weighted by Crippen LogP contribution is 2.40. The Kier molecular flexibility index (Phi) is 2.18. The van der Waals surface area contributed by atoms with Crippen molar-refractivity contribution in [1.82, 2.24) is 5.16 Å². The van der Waals surface area contributed by atoms with Crippen LogP contribution in [0.1, 0.15) is 24.5 Å². The van der Waals surface area contributed by atoms with Gasteiger partial charge < -0.3 is 4.52 Å². The summed E-state index contributed by atoms with van der Waals surface area (Å²) in [5.74, 6) is 1.11. The topological polar surface area (TPSA) is 69.2 Å². The van der Waals surface area contributed by atoms with Gasteiger partial charge in [-0.05, 0) is 12.8 Å². The van der Waals surface area contributed by atoms with E-state index in [4.69, 9.17) is 4.52 Å². The van der Waals surface area contributed by atoms with Crippen molar-refractivity contribution in [3.8, 4) is 11.3 Å². The fourth-order valence-electron chi connectivity index (χ4n) is 1.77. The maximum atomic E-state index is 10.7. The Balaban J connectivity index is 1.96. The van der Waals surface area contributed by atoms with Crippen LogP contribution in [-0.2, 0) is 0 Å². The van der Waals surface area contributed by atoms with Crippen LogP contribution in [0.2, 0.25) is 0 Å². The van der Waals surface area contributed by atoms with Crippen LogP contribution in [0.5, 0.6) is 0 Å². The van der Waals surface area contributed by atoms with Gasteiger partial charge in [-0.3, -0.25) is 10.1 Å². The van der Waals surface area contributed by atoms with Gasteiger partial charge in [-0.15, -0.1) is 0 Å². The zero-order chi connectivity index (χ0) is 11.8. The summed E-state index contributed by atoms with van der Waals surface area (Å²) < 4.78 is 5.21. The third-order valence-corrected chi connectivity index (χ3v) is 2.87. The number of rotatable bonds is 3. The van der Waals surface area contributed by atoms with Crippen molar-refractivity contribution in [3.05, 3.63) is 46.1 Å². The van der Waals surface area contributed by atoms with Gasteiger partial charge in [0.05, 0.1) is 10.6 Å². The standard InChI is InChI=1S/C12H10N2O3/c15-14(16)10-3-1-2-9(6-10)12-7-11(13-17-12)8-4-5-8/h1-3,6-8H,4-5H2. The van der Waals surface area contributed by atoms with Gasteiger partial charge in [0.2, 0.25) is 0 Å². The molecule has 2 aromatic rings. The second-order valence-corrected chi connectivity index (χ2v) is 4.20. The Hall–Kier alpha value is -2.17. The number of aromatic nitrogens is 1. The fraction of sp³-hybridized carbons (Fsp3) is 0.250. The van der Waals surface area contributed by atoms with Crippen molar-refractivity contribution in [2.75, 3.05) is 0 Å². The number of nitrogens with zero attached hydrogens (tertiary/aromatic N) is 2. The Morgan fingerprint density at radius 1 is 1.35 bits per heavy atom. The molecule has 1 aliphatic rings. The highest BCUT2D eigenvalue weighted by molar-refractivity contribution is 5.61. The molecule has 3 rings (SSSR count). The average molecular weight is 230 g/mol. The molecule has 5 heteroatoms. The van der Waals surface area contributed by atoms with Gasteiger partial charge in [0.15, 0.2) is 5.76 Å². The first-order valence-electron chi connectivity index (χ1n) is 5.45. The van der Waals surface area contributed by atoms with E-state index in [9.17, 15) is 10.1 Å². The van der Waals surface area contributed by atoms with Crippen molar-refractivity contribution in [2.24, 2.45) is 0 Å². The van der Waals surface area contributed by atoms with E-state index < -0.39 is 4.92 Å². The Morgan fingerprint density at radius 2 is 2.18 bits per heavy atom. The first-order valence-corrected chi connectivity index (χ1v) is 5.45. The molecule has 5 nitrogen and oxygen atoms in total. The highest BCUT2D eigenvalue weighted by atomic mass is 16.6. The Bertz CT molecular complexity index is 573. The molecule has 0 N–H and O–H groups in total. The lowest BCUT2D eigenvalue weighted by atomic mass is 10.1. The van der Waals surface area contributed by atoms with E-state index in [0.29, 0.717) is 17.2 Å². The minimum absolute atomic E-state index is 0.0619. The zero-order valence-corrected chi connectivity index (χ0v) is 9.00. The van der Waals surface area contributed by atoms with E-state index in [-0.39, 0.29) is 5.69 Å². The molecule has 1 heterocycles. The minimum Gasteiger partial charge on any atom is -0.356 e. The van der Waals surface area contributed by atoms with Gasteiger partial charge in [0.25, 0.3) is 5.69 Å². The van der Waals surface area contributed by atoms with Crippen LogP contribution >= 0.6 is 0 Å². The third-order valence-electron chi connectivity index (χ3n) is 2.87. The molecule has 1 aliphatic carbocycles. The summed E-state index contributed by atoms with van der Waals surface area (Å²) in [6.45, 7) is 0. The molecule has 0 bridgehead atoms. The van der Waals surface area contributed by atoms with Crippen LogP contribution in [0.3, 0.4) is 0 Å². The second kappa shape index (κ2) is 3.69. The lowest BCUT2D eigenvalue weighted by molar-refractivity contribution is -0.384. The van der Waals surface area contributed by atoms with E-state index in [2.05, 4.69) is 5.16 Å². The summed E-state index contributed by atoms with van der Waals surface area (Å²) in [6.07, 6.45) is 2.31. The van der Waals surface area contributed by atoms with Crippen LogP contribution in [-0.4, -0.2) is 10.1 Å². The van der Waals surface area contributed by atoms with Crippen molar-refractivity contribution < 1.29 is 9.45 Å². The predicted octanol–water partition coefficient (Wildman–Crippen LogP) is 3.13. The minimum atomic E-state index is -0.415. The lowest BCUT2D eigenvalue weighted by Gasteiger charge is -1.94. The van der Waals surface area contributed by atoms with Gasteiger partial charge >= 0.3 is 0 Å². The van der Waals surface area contributed by atoms with Crippen molar-refractivity contribution >= 4 is 5.69 Å². The largest absolute Gasteiger partial charge is 0.356 e. The monoisotopic (exact) mass is 230 g/mol. The van der Waals surface area contributed by atoms with Crippen molar-refractivity contribution in [3.63, 3.8) is 0 Å². The molecule has 0 spiro atoms. The first kappa shape index (κ1) is 10.0. The predicted molar refractivity (Wildman–Crippen MR) is 60.6 cm³/mol. The van der Waals surface area contributed by atoms with E-state index in [1.54, 1.807) is 12.1 Å².